The molecule has 0 aliphatic carbocycles. The topological polar surface area (TPSA) is 63.8 Å². The highest BCUT2D eigenvalue weighted by atomic mass is 35.5. The highest BCUT2D eigenvalue weighted by molar-refractivity contribution is 6.31. The molecule has 26 heavy (non-hydrogen) atoms. The third-order valence-electron chi connectivity index (χ3n) is 3.91. The van der Waals surface area contributed by atoms with Crippen LogP contribution >= 0.6 is 11.6 Å². The fourth-order valence-corrected chi connectivity index (χ4v) is 2.69. The summed E-state index contributed by atoms with van der Waals surface area (Å²) in [6.07, 6.45) is 2.35. The van der Waals surface area contributed by atoms with Crippen molar-refractivity contribution < 1.29 is 13.9 Å². The number of hydrogen-bond acceptors (Lipinski definition) is 4. The van der Waals surface area contributed by atoms with E-state index in [4.69, 9.17) is 20.8 Å². The molecule has 0 aliphatic heterocycles. The van der Waals surface area contributed by atoms with E-state index >= 15 is 0 Å². The average molecular weight is 371 g/mol. The van der Waals surface area contributed by atoms with Crippen molar-refractivity contribution in [1.29, 1.82) is 0 Å². The molecule has 3 rings (SSSR count). The second-order valence-corrected chi connectivity index (χ2v) is 6.19. The number of fused-ring (bicyclic) bond motifs is 1. The number of carbonyl (C=O) groups excluding carboxylic acids is 1. The number of nitrogens with zero attached hydrogens (tertiary/aromatic N) is 1. The maximum atomic E-state index is 11.9. The number of hydrazone groups is 1. The minimum atomic E-state index is -0.347. The quantitative estimate of drug-likeness (QED) is 0.513. The Morgan fingerprint density at radius 3 is 2.88 bits per heavy atom. The van der Waals surface area contributed by atoms with Crippen LogP contribution in [0.25, 0.3) is 11.0 Å². The van der Waals surface area contributed by atoms with Crippen LogP contribution in [0.5, 0.6) is 5.75 Å². The van der Waals surface area contributed by atoms with E-state index in [0.29, 0.717) is 10.8 Å². The lowest BCUT2D eigenvalue weighted by atomic mass is 10.1. The van der Waals surface area contributed by atoms with Crippen molar-refractivity contribution in [2.45, 2.75) is 20.3 Å². The van der Waals surface area contributed by atoms with Gasteiger partial charge in [-0.25, -0.2) is 5.43 Å². The molecule has 1 heterocycles. The number of para-hydroxylation sites is 1. The van der Waals surface area contributed by atoms with Gasteiger partial charge in [0.15, 0.2) is 6.61 Å². The summed E-state index contributed by atoms with van der Waals surface area (Å²) < 4.78 is 11.2. The van der Waals surface area contributed by atoms with Crippen LogP contribution in [0.15, 0.2) is 52.0 Å². The Hall–Kier alpha value is -2.79. The van der Waals surface area contributed by atoms with E-state index in [1.165, 1.54) is 0 Å². The lowest BCUT2D eigenvalue weighted by molar-refractivity contribution is -0.123. The predicted octanol–water partition coefficient (Wildman–Crippen LogP) is 4.49. The van der Waals surface area contributed by atoms with Gasteiger partial charge in [-0.15, -0.1) is 0 Å². The minimum absolute atomic E-state index is 0.134. The number of halogens is 1. The molecule has 0 spiro atoms. The van der Waals surface area contributed by atoms with Crippen molar-refractivity contribution in [3.05, 3.63) is 64.4 Å². The lowest BCUT2D eigenvalue weighted by Crippen LogP contribution is -2.24. The summed E-state index contributed by atoms with van der Waals surface area (Å²) in [7, 11) is 0. The van der Waals surface area contributed by atoms with Crippen LogP contribution in [0, 0.1) is 6.92 Å². The zero-order valence-electron chi connectivity index (χ0n) is 14.6. The Balaban J connectivity index is 1.61. The molecule has 1 N–H and O–H groups in total. The van der Waals surface area contributed by atoms with E-state index in [1.807, 2.05) is 38.1 Å². The number of furan rings is 1. The predicted molar refractivity (Wildman–Crippen MR) is 103 cm³/mol. The maximum absolute atomic E-state index is 11.9. The molecule has 0 fully saturated rings. The van der Waals surface area contributed by atoms with Gasteiger partial charge in [0.2, 0.25) is 0 Å². The second kappa shape index (κ2) is 8.06. The molecule has 1 aromatic heterocycles. The molecule has 0 saturated heterocycles. The van der Waals surface area contributed by atoms with Crippen LogP contribution in [0.4, 0.5) is 0 Å². The number of hydrogen-bond donors (Lipinski definition) is 1. The summed E-state index contributed by atoms with van der Waals surface area (Å²) in [5, 5.41) is 5.66. The van der Waals surface area contributed by atoms with Gasteiger partial charge in [0.25, 0.3) is 5.91 Å². The Labute approximate surface area is 156 Å². The summed E-state index contributed by atoms with van der Waals surface area (Å²) in [6.45, 7) is 3.75. The molecule has 0 radical (unpaired) electrons. The molecule has 5 nitrogen and oxygen atoms in total. The maximum Gasteiger partial charge on any atom is 0.277 e. The van der Waals surface area contributed by atoms with Crippen molar-refractivity contribution in [2.24, 2.45) is 5.10 Å². The first kappa shape index (κ1) is 18.0. The fourth-order valence-electron chi connectivity index (χ4n) is 2.58. The van der Waals surface area contributed by atoms with Gasteiger partial charge in [0.05, 0.1) is 6.21 Å². The highest BCUT2D eigenvalue weighted by Crippen LogP contribution is 2.24. The summed E-state index contributed by atoms with van der Waals surface area (Å²) >= 11 is 5.97. The highest BCUT2D eigenvalue weighted by Gasteiger charge is 2.10. The van der Waals surface area contributed by atoms with Crippen molar-refractivity contribution >= 4 is 34.7 Å². The summed E-state index contributed by atoms with van der Waals surface area (Å²) in [4.78, 5) is 11.9. The zero-order chi connectivity index (χ0) is 18.5. The third-order valence-corrected chi connectivity index (χ3v) is 4.34. The van der Waals surface area contributed by atoms with Crippen LogP contribution in [0.1, 0.15) is 23.8 Å². The number of carbonyl (C=O) groups is 1. The molecule has 1 amide bonds. The summed E-state index contributed by atoms with van der Waals surface area (Å²) in [5.41, 5.74) is 5.04. The SMILES string of the molecule is CCc1oc2ccccc2c1/C=N\NC(=O)COc1ccc(Cl)c(C)c1. The van der Waals surface area contributed by atoms with Gasteiger partial charge >= 0.3 is 0 Å². The van der Waals surface area contributed by atoms with E-state index in [9.17, 15) is 4.79 Å². The van der Waals surface area contributed by atoms with Gasteiger partial charge in [0.1, 0.15) is 17.1 Å². The zero-order valence-corrected chi connectivity index (χ0v) is 15.3. The van der Waals surface area contributed by atoms with Gasteiger partial charge in [-0.1, -0.05) is 36.7 Å². The number of benzene rings is 2. The van der Waals surface area contributed by atoms with E-state index in [-0.39, 0.29) is 12.5 Å². The standard InChI is InChI=1S/C20H19ClN2O3/c1-3-18-16(15-6-4-5-7-19(15)26-18)11-22-23-20(24)12-25-14-8-9-17(21)13(2)10-14/h4-11H,3,12H2,1-2H3,(H,23,24)/b22-11-. The van der Waals surface area contributed by atoms with E-state index in [2.05, 4.69) is 10.5 Å². The van der Waals surface area contributed by atoms with Crippen LogP contribution in [-0.4, -0.2) is 18.7 Å². The minimum Gasteiger partial charge on any atom is -0.484 e. The van der Waals surface area contributed by atoms with Crippen molar-refractivity contribution in [1.82, 2.24) is 5.43 Å². The molecule has 0 unspecified atom stereocenters. The Morgan fingerprint density at radius 2 is 2.12 bits per heavy atom. The largest absolute Gasteiger partial charge is 0.484 e. The normalized spacial score (nSPS) is 11.2. The Bertz CT molecular complexity index is 963. The second-order valence-electron chi connectivity index (χ2n) is 5.78. The summed E-state index contributed by atoms with van der Waals surface area (Å²) in [6, 6.07) is 13.0. The van der Waals surface area contributed by atoms with E-state index in [0.717, 1.165) is 34.3 Å². The number of aryl methyl sites for hydroxylation is 2. The Morgan fingerprint density at radius 1 is 1.31 bits per heavy atom. The van der Waals surface area contributed by atoms with E-state index < -0.39 is 0 Å². The van der Waals surface area contributed by atoms with Crippen LogP contribution in [0.2, 0.25) is 5.02 Å². The molecule has 6 heteroatoms. The van der Waals surface area contributed by atoms with Gasteiger partial charge < -0.3 is 9.15 Å². The van der Waals surface area contributed by atoms with Crippen LogP contribution in [-0.2, 0) is 11.2 Å². The first-order valence-electron chi connectivity index (χ1n) is 8.29. The number of rotatable bonds is 6. The van der Waals surface area contributed by atoms with Crippen molar-refractivity contribution in [3.63, 3.8) is 0 Å². The van der Waals surface area contributed by atoms with Gasteiger partial charge in [-0.2, -0.15) is 5.10 Å². The van der Waals surface area contributed by atoms with Crippen molar-refractivity contribution in [3.8, 4) is 5.75 Å². The molecule has 0 bridgehead atoms. The lowest BCUT2D eigenvalue weighted by Gasteiger charge is -2.06. The molecule has 3 aromatic rings. The molecule has 0 saturated carbocycles. The molecule has 0 atom stereocenters. The molecular weight excluding hydrogens is 352 g/mol. The van der Waals surface area contributed by atoms with Crippen molar-refractivity contribution in [2.75, 3.05) is 6.61 Å². The molecule has 0 aliphatic rings. The first-order valence-corrected chi connectivity index (χ1v) is 8.67. The van der Waals surface area contributed by atoms with Gasteiger partial charge in [-0.3, -0.25) is 4.79 Å². The molecular formula is C20H19ClN2O3. The number of ether oxygens (including phenoxy) is 1. The van der Waals surface area contributed by atoms with E-state index in [1.54, 1.807) is 24.4 Å². The Kier molecular flexibility index (Phi) is 5.58. The fraction of sp³-hybridized carbons (Fsp3) is 0.200. The van der Waals surface area contributed by atoms with Gasteiger partial charge in [-0.05, 0) is 36.8 Å². The first-order chi connectivity index (χ1) is 12.6. The average Bonchev–Trinajstić information content (AvgIpc) is 3.00. The monoisotopic (exact) mass is 370 g/mol. The summed E-state index contributed by atoms with van der Waals surface area (Å²) in [5.74, 6) is 1.07. The van der Waals surface area contributed by atoms with Crippen LogP contribution in [0.3, 0.4) is 0 Å². The number of nitrogens with one attached hydrogen (secondary N) is 1. The van der Waals surface area contributed by atoms with Gasteiger partial charge in [0, 0.05) is 22.4 Å². The third kappa shape index (κ3) is 4.06. The molecule has 134 valence electrons. The molecule has 2 aromatic carbocycles. The van der Waals surface area contributed by atoms with Crippen LogP contribution < -0.4 is 10.2 Å². The smallest absolute Gasteiger partial charge is 0.277 e. The number of amides is 1.